The van der Waals surface area contributed by atoms with Gasteiger partial charge in [-0.15, -0.1) is 0 Å². The SMILES string of the molecule is Cc1ccccc1.[Cl][GeH2][Cl]. The second-order valence-corrected chi connectivity index (χ2v) is 6.38. The summed E-state index contributed by atoms with van der Waals surface area (Å²) in [5.41, 5.74) is 1.32. The third kappa shape index (κ3) is 6.46. The number of halogens is 2. The quantitative estimate of drug-likeness (QED) is 0.608. The predicted molar refractivity (Wildman–Crippen MR) is 51.4 cm³/mol. The molecule has 0 amide bonds. The molecule has 0 spiro atoms. The first-order valence-corrected chi connectivity index (χ1v) is 10.7. The predicted octanol–water partition coefficient (Wildman–Crippen LogP) is 2.46. The molecule has 3 heteroatoms. The third-order valence-corrected chi connectivity index (χ3v) is 0.940. The van der Waals surface area contributed by atoms with Crippen LogP contribution in [0.3, 0.4) is 0 Å². The first-order chi connectivity index (χ1) is 4.81. The monoisotopic (exact) mass is 238 g/mol. The van der Waals surface area contributed by atoms with Crippen molar-refractivity contribution in [3.8, 4) is 0 Å². The van der Waals surface area contributed by atoms with Crippen LogP contribution in [-0.2, 0) is 0 Å². The molecule has 0 aliphatic rings. The number of aryl methyl sites for hydroxylation is 1. The summed E-state index contributed by atoms with van der Waals surface area (Å²) >= 11 is -0.931. The summed E-state index contributed by atoms with van der Waals surface area (Å²) in [5, 5.41) is 0. The summed E-state index contributed by atoms with van der Waals surface area (Å²) in [7, 11) is 9.90. The van der Waals surface area contributed by atoms with E-state index in [-0.39, 0.29) is 0 Å². The number of rotatable bonds is 0. The second-order valence-electron chi connectivity index (χ2n) is 1.76. The van der Waals surface area contributed by atoms with Gasteiger partial charge in [0.25, 0.3) is 0 Å². The molecule has 1 aromatic carbocycles. The van der Waals surface area contributed by atoms with Gasteiger partial charge in [-0.2, -0.15) is 0 Å². The molecule has 0 unspecified atom stereocenters. The summed E-state index contributed by atoms with van der Waals surface area (Å²) in [6.45, 7) is 2.08. The van der Waals surface area contributed by atoms with Gasteiger partial charge in [-0.05, 0) is 6.92 Å². The van der Waals surface area contributed by atoms with Gasteiger partial charge in [0.15, 0.2) is 0 Å². The molecule has 0 heterocycles. The van der Waals surface area contributed by atoms with E-state index in [1.165, 1.54) is 5.56 Å². The molecular formula is C7H10Cl2Ge. The van der Waals surface area contributed by atoms with Gasteiger partial charge in [-0.3, -0.25) is 0 Å². The molecule has 0 N–H and O–H groups in total. The molecule has 10 heavy (non-hydrogen) atoms. The average Bonchev–Trinajstić information content (AvgIpc) is 1.91. The van der Waals surface area contributed by atoms with E-state index in [0.717, 1.165) is 0 Å². The van der Waals surface area contributed by atoms with Gasteiger partial charge in [0.05, 0.1) is 0 Å². The second kappa shape index (κ2) is 7.45. The van der Waals surface area contributed by atoms with Gasteiger partial charge in [0.2, 0.25) is 0 Å². The maximum absolute atomic E-state index is 4.95. The minimum absolute atomic E-state index is 0.931. The molecule has 0 aliphatic heterocycles. The average molecular weight is 238 g/mol. The first kappa shape index (κ1) is 10.3. The Morgan fingerprint density at radius 2 is 1.50 bits per heavy atom. The summed E-state index contributed by atoms with van der Waals surface area (Å²) in [4.78, 5) is 0. The van der Waals surface area contributed by atoms with Crippen LogP contribution in [0, 0.1) is 6.92 Å². The summed E-state index contributed by atoms with van der Waals surface area (Å²) in [6, 6.07) is 10.3. The Bertz CT molecular complexity index is 153. The van der Waals surface area contributed by atoms with Crippen molar-refractivity contribution in [3.63, 3.8) is 0 Å². The van der Waals surface area contributed by atoms with Crippen molar-refractivity contribution < 1.29 is 0 Å². The van der Waals surface area contributed by atoms with Crippen LogP contribution < -0.4 is 0 Å². The van der Waals surface area contributed by atoms with Crippen molar-refractivity contribution in [3.05, 3.63) is 35.9 Å². The zero-order valence-corrected chi connectivity index (χ0v) is 10.3. The van der Waals surface area contributed by atoms with Crippen molar-refractivity contribution in [2.45, 2.75) is 6.92 Å². The summed E-state index contributed by atoms with van der Waals surface area (Å²) < 4.78 is 0. The van der Waals surface area contributed by atoms with Crippen LogP contribution in [0.25, 0.3) is 0 Å². The van der Waals surface area contributed by atoms with Crippen LogP contribution in [0.2, 0.25) is 0 Å². The van der Waals surface area contributed by atoms with Crippen LogP contribution in [0.5, 0.6) is 0 Å². The molecule has 0 saturated heterocycles. The van der Waals surface area contributed by atoms with Crippen molar-refractivity contribution >= 4 is 33.6 Å². The van der Waals surface area contributed by atoms with Crippen LogP contribution in [-0.4, -0.2) is 13.6 Å². The molecule has 56 valence electrons. The van der Waals surface area contributed by atoms with E-state index < -0.39 is 13.6 Å². The zero-order valence-electron chi connectivity index (χ0n) is 5.85. The van der Waals surface area contributed by atoms with Gasteiger partial charge >= 0.3 is 33.6 Å². The molecule has 0 aromatic heterocycles. The summed E-state index contributed by atoms with van der Waals surface area (Å²) in [5.74, 6) is 0. The molecule has 0 fully saturated rings. The van der Waals surface area contributed by atoms with E-state index in [1.807, 2.05) is 18.2 Å². The van der Waals surface area contributed by atoms with Gasteiger partial charge in [0, 0.05) is 0 Å². The first-order valence-electron chi connectivity index (χ1n) is 2.95. The molecule has 0 aliphatic carbocycles. The Balaban J connectivity index is 0.000000236. The van der Waals surface area contributed by atoms with Crippen LogP contribution >= 0.6 is 20.0 Å². The third-order valence-electron chi connectivity index (χ3n) is 0.940. The number of hydrogen-bond donors (Lipinski definition) is 0. The Hall–Kier alpha value is 0.343. The van der Waals surface area contributed by atoms with E-state index in [0.29, 0.717) is 0 Å². The van der Waals surface area contributed by atoms with Crippen LogP contribution in [0.1, 0.15) is 5.56 Å². The zero-order chi connectivity index (χ0) is 7.82. The fourth-order valence-corrected chi connectivity index (χ4v) is 0.534. The Morgan fingerprint density at radius 1 is 1.10 bits per heavy atom. The molecule has 0 radical (unpaired) electrons. The van der Waals surface area contributed by atoms with Crippen LogP contribution in [0.15, 0.2) is 30.3 Å². The van der Waals surface area contributed by atoms with E-state index in [4.69, 9.17) is 20.0 Å². The Morgan fingerprint density at radius 3 is 1.70 bits per heavy atom. The number of benzene rings is 1. The van der Waals surface area contributed by atoms with Gasteiger partial charge in [-0.1, -0.05) is 35.9 Å². The van der Waals surface area contributed by atoms with Gasteiger partial charge in [-0.25, -0.2) is 0 Å². The topological polar surface area (TPSA) is 0 Å². The standard InChI is InChI=1S/C7H8.Cl2GeH2/c1-7-5-3-2-4-6-7;1-3-2/h2-6H,1H3;3H2. The molecule has 1 aromatic rings. The molecule has 0 bridgehead atoms. The molecule has 0 nitrogen and oxygen atoms in total. The van der Waals surface area contributed by atoms with Crippen molar-refractivity contribution in [2.24, 2.45) is 0 Å². The van der Waals surface area contributed by atoms with E-state index in [9.17, 15) is 0 Å². The molecule has 0 saturated carbocycles. The van der Waals surface area contributed by atoms with Crippen molar-refractivity contribution in [1.29, 1.82) is 0 Å². The fraction of sp³-hybridized carbons (Fsp3) is 0.143. The minimum atomic E-state index is -0.931. The van der Waals surface area contributed by atoms with E-state index in [2.05, 4.69) is 19.1 Å². The van der Waals surface area contributed by atoms with Crippen LogP contribution in [0.4, 0.5) is 0 Å². The number of hydrogen-bond acceptors (Lipinski definition) is 0. The Kier molecular flexibility index (Phi) is 7.71. The molecule has 0 atom stereocenters. The van der Waals surface area contributed by atoms with Crippen molar-refractivity contribution in [2.75, 3.05) is 0 Å². The fourth-order valence-electron chi connectivity index (χ4n) is 0.534. The van der Waals surface area contributed by atoms with Crippen molar-refractivity contribution in [1.82, 2.24) is 0 Å². The molecule has 1 rings (SSSR count). The Labute approximate surface area is 76.4 Å². The van der Waals surface area contributed by atoms with Gasteiger partial charge in [0.1, 0.15) is 0 Å². The van der Waals surface area contributed by atoms with Gasteiger partial charge < -0.3 is 0 Å². The summed E-state index contributed by atoms with van der Waals surface area (Å²) in [6.07, 6.45) is 0. The van der Waals surface area contributed by atoms with E-state index in [1.54, 1.807) is 0 Å². The molecular weight excluding hydrogens is 228 g/mol. The van der Waals surface area contributed by atoms with E-state index >= 15 is 0 Å². The maximum atomic E-state index is 4.95. The normalized spacial score (nSPS) is 7.90.